The average molecular weight is 556 g/mol. The van der Waals surface area contributed by atoms with Crippen LogP contribution in [0.4, 0.5) is 0 Å². The van der Waals surface area contributed by atoms with Gasteiger partial charge in [0.1, 0.15) is 43.0 Å². The van der Waals surface area contributed by atoms with Gasteiger partial charge < -0.3 is 25.4 Å². The van der Waals surface area contributed by atoms with Crippen LogP contribution in [0.25, 0.3) is 0 Å². The molecular weight excluding hydrogens is 522 g/mol. The van der Waals surface area contributed by atoms with Gasteiger partial charge in [0.25, 0.3) is 10.2 Å². The molecule has 1 unspecified atom stereocenters. The Morgan fingerprint density at radius 1 is 0.821 bits per heavy atom. The van der Waals surface area contributed by atoms with E-state index in [0.717, 1.165) is 8.61 Å². The van der Waals surface area contributed by atoms with Crippen molar-refractivity contribution in [2.75, 3.05) is 13.2 Å². The van der Waals surface area contributed by atoms with Gasteiger partial charge in [-0.15, -0.1) is 0 Å². The van der Waals surface area contributed by atoms with Crippen molar-refractivity contribution >= 4 is 16.1 Å². The largest absolute Gasteiger partial charge is 0.492 e. The van der Waals surface area contributed by atoms with Gasteiger partial charge in [0.2, 0.25) is 5.91 Å². The Labute approximate surface area is 228 Å². The van der Waals surface area contributed by atoms with E-state index in [4.69, 9.17) is 15.2 Å². The van der Waals surface area contributed by atoms with Gasteiger partial charge >= 0.3 is 0 Å². The normalized spacial score (nSPS) is 24.4. The van der Waals surface area contributed by atoms with Crippen molar-refractivity contribution in [3.63, 3.8) is 0 Å². The molecule has 208 valence electrons. The molecule has 1 aliphatic heterocycles. The molecule has 1 saturated heterocycles. The Bertz CT molecular complexity index is 1310. The number of carbonyl (C=O) groups excluding carboxylic acids is 1. The standard InChI is InChI=1S/C28H33N3O7S/c1-20(28(29)34)31-25(19-38-23-15-9-4-10-16-23)27(33)26(32)24(18-37-22-13-7-3-8-14-22)30(39(31,35)36)17-21-11-5-2-6-12-21/h2-16,20,24-27,32-33H,17-19H2,1H3,(H2,29,34)/t20?,24-,25-,26+,27+/m1/s1. The summed E-state index contributed by atoms with van der Waals surface area (Å²) in [7, 11) is -4.53. The number of primary amides is 1. The van der Waals surface area contributed by atoms with Crippen LogP contribution in [-0.2, 0) is 21.5 Å². The summed E-state index contributed by atoms with van der Waals surface area (Å²) in [6, 6.07) is 22.3. The van der Waals surface area contributed by atoms with Crippen LogP contribution >= 0.6 is 0 Å². The average Bonchev–Trinajstić information content (AvgIpc) is 3.00. The number of aliphatic hydroxyl groups excluding tert-OH is 2. The van der Waals surface area contributed by atoms with E-state index in [1.54, 1.807) is 84.9 Å². The van der Waals surface area contributed by atoms with Crippen LogP contribution in [0, 0.1) is 0 Å². The smallest absolute Gasteiger partial charge is 0.283 e. The van der Waals surface area contributed by atoms with Crippen LogP contribution < -0.4 is 15.2 Å². The second-order valence-corrected chi connectivity index (χ2v) is 11.1. The first-order valence-corrected chi connectivity index (χ1v) is 13.9. The highest BCUT2D eigenvalue weighted by Gasteiger charge is 2.53. The van der Waals surface area contributed by atoms with E-state index >= 15 is 0 Å². The minimum atomic E-state index is -4.53. The monoisotopic (exact) mass is 555 g/mol. The van der Waals surface area contributed by atoms with E-state index in [1.807, 2.05) is 6.07 Å². The first kappa shape index (κ1) is 28.5. The molecule has 4 N–H and O–H groups in total. The number of hydrogen-bond donors (Lipinski definition) is 3. The number of rotatable bonds is 10. The van der Waals surface area contributed by atoms with Crippen LogP contribution in [0.5, 0.6) is 11.5 Å². The van der Waals surface area contributed by atoms with Gasteiger partial charge in [0.15, 0.2) is 0 Å². The molecule has 0 spiro atoms. The molecule has 39 heavy (non-hydrogen) atoms. The Kier molecular flexibility index (Phi) is 9.20. The number of benzene rings is 3. The fourth-order valence-electron chi connectivity index (χ4n) is 4.56. The molecule has 0 saturated carbocycles. The first-order chi connectivity index (χ1) is 18.7. The lowest BCUT2D eigenvalue weighted by atomic mass is 9.98. The zero-order chi connectivity index (χ0) is 28.0. The molecule has 10 nitrogen and oxygen atoms in total. The van der Waals surface area contributed by atoms with Gasteiger partial charge in [-0.2, -0.15) is 17.0 Å². The number of nitrogens with two attached hydrogens (primary N) is 1. The highest BCUT2D eigenvalue weighted by molar-refractivity contribution is 7.86. The summed E-state index contributed by atoms with van der Waals surface area (Å²) in [4.78, 5) is 12.4. The predicted molar refractivity (Wildman–Crippen MR) is 145 cm³/mol. The first-order valence-electron chi connectivity index (χ1n) is 12.6. The van der Waals surface area contributed by atoms with Crippen LogP contribution in [0.2, 0.25) is 0 Å². The Hall–Kier alpha value is -3.48. The van der Waals surface area contributed by atoms with E-state index < -0.39 is 46.4 Å². The van der Waals surface area contributed by atoms with Crippen molar-refractivity contribution in [2.24, 2.45) is 5.73 Å². The fourth-order valence-corrected chi connectivity index (χ4v) is 6.68. The molecule has 1 heterocycles. The van der Waals surface area contributed by atoms with E-state index in [2.05, 4.69) is 0 Å². The van der Waals surface area contributed by atoms with Crippen LogP contribution in [0.3, 0.4) is 0 Å². The van der Waals surface area contributed by atoms with Crippen molar-refractivity contribution in [3.8, 4) is 11.5 Å². The lowest BCUT2D eigenvalue weighted by Gasteiger charge is -2.36. The molecule has 0 radical (unpaired) electrons. The second kappa shape index (κ2) is 12.6. The van der Waals surface area contributed by atoms with Crippen molar-refractivity contribution in [2.45, 2.75) is 43.8 Å². The minimum absolute atomic E-state index is 0.149. The summed E-state index contributed by atoms with van der Waals surface area (Å²) in [5.41, 5.74) is 6.22. The number of hydrogen-bond acceptors (Lipinski definition) is 7. The van der Waals surface area contributed by atoms with Crippen molar-refractivity contribution in [1.29, 1.82) is 0 Å². The quantitative estimate of drug-likeness (QED) is 0.344. The summed E-state index contributed by atoms with van der Waals surface area (Å²) < 4.78 is 42.2. The molecule has 3 aromatic rings. The third-order valence-electron chi connectivity index (χ3n) is 6.70. The predicted octanol–water partition coefficient (Wildman–Crippen LogP) is 1.54. The van der Waals surface area contributed by atoms with Gasteiger partial charge in [-0.3, -0.25) is 4.79 Å². The van der Waals surface area contributed by atoms with Gasteiger partial charge in [-0.1, -0.05) is 66.7 Å². The van der Waals surface area contributed by atoms with Gasteiger partial charge in [-0.25, -0.2) is 0 Å². The van der Waals surface area contributed by atoms with Crippen LogP contribution in [0.15, 0.2) is 91.0 Å². The molecular formula is C28H33N3O7S. The Morgan fingerprint density at radius 3 is 1.74 bits per heavy atom. The lowest BCUT2D eigenvalue weighted by Crippen LogP contribution is -2.59. The zero-order valence-electron chi connectivity index (χ0n) is 21.5. The maximum Gasteiger partial charge on any atom is 0.283 e. The molecule has 1 aliphatic rings. The van der Waals surface area contributed by atoms with Crippen molar-refractivity contribution in [1.82, 2.24) is 8.61 Å². The van der Waals surface area contributed by atoms with Crippen molar-refractivity contribution < 1.29 is 32.9 Å². The Balaban J connectivity index is 1.77. The van der Waals surface area contributed by atoms with E-state index in [0.29, 0.717) is 17.1 Å². The molecule has 0 aromatic heterocycles. The number of ether oxygens (including phenoxy) is 2. The molecule has 11 heteroatoms. The summed E-state index contributed by atoms with van der Waals surface area (Å²) in [6.07, 6.45) is -3.24. The maximum absolute atomic E-state index is 14.3. The maximum atomic E-state index is 14.3. The SMILES string of the molecule is CC(C(N)=O)N1[C@H](COc2ccccc2)[C@H](O)[C@@H](O)[C@@H](COc2ccccc2)N(Cc2ccccc2)S1(=O)=O. The number of para-hydroxylation sites is 2. The number of carbonyl (C=O) groups is 1. The summed E-state index contributed by atoms with van der Waals surface area (Å²) in [6.45, 7) is 0.587. The summed E-state index contributed by atoms with van der Waals surface area (Å²) in [5.74, 6) is -0.0203. The molecule has 3 aromatic carbocycles. The molecule has 4 rings (SSSR count). The van der Waals surface area contributed by atoms with Crippen molar-refractivity contribution in [3.05, 3.63) is 96.6 Å². The number of aliphatic hydroxyl groups is 2. The summed E-state index contributed by atoms with van der Waals surface area (Å²) >= 11 is 0. The highest BCUT2D eigenvalue weighted by Crippen LogP contribution is 2.31. The third kappa shape index (κ3) is 6.57. The third-order valence-corrected chi connectivity index (χ3v) is 8.81. The number of nitrogens with zero attached hydrogens (tertiary/aromatic N) is 2. The van der Waals surface area contributed by atoms with Crippen LogP contribution in [0.1, 0.15) is 12.5 Å². The van der Waals surface area contributed by atoms with Crippen LogP contribution in [-0.4, -0.2) is 76.7 Å². The lowest BCUT2D eigenvalue weighted by molar-refractivity contribution is -0.123. The topological polar surface area (TPSA) is 143 Å². The molecule has 0 aliphatic carbocycles. The summed E-state index contributed by atoms with van der Waals surface area (Å²) in [5, 5.41) is 22.9. The van der Waals surface area contributed by atoms with E-state index in [1.165, 1.54) is 6.92 Å². The second-order valence-electron chi connectivity index (χ2n) is 9.31. The van der Waals surface area contributed by atoms with Gasteiger partial charge in [0.05, 0.1) is 12.1 Å². The zero-order valence-corrected chi connectivity index (χ0v) is 22.3. The Morgan fingerprint density at radius 2 is 1.26 bits per heavy atom. The highest BCUT2D eigenvalue weighted by atomic mass is 32.2. The molecule has 5 atom stereocenters. The van der Waals surface area contributed by atoms with E-state index in [-0.39, 0.29) is 19.8 Å². The fraction of sp³-hybridized carbons (Fsp3) is 0.321. The molecule has 1 fully saturated rings. The number of amides is 1. The minimum Gasteiger partial charge on any atom is -0.492 e. The van der Waals surface area contributed by atoms with Gasteiger partial charge in [-0.05, 0) is 36.8 Å². The van der Waals surface area contributed by atoms with E-state index in [9.17, 15) is 23.4 Å². The van der Waals surface area contributed by atoms with Gasteiger partial charge in [0, 0.05) is 6.54 Å². The molecule has 0 bridgehead atoms. The molecule has 1 amide bonds.